The van der Waals surface area contributed by atoms with Crippen LogP contribution in [0.2, 0.25) is 0 Å². The Kier molecular flexibility index (Phi) is 3.22. The highest BCUT2D eigenvalue weighted by Gasteiger charge is 2.07. The van der Waals surface area contributed by atoms with Crippen LogP contribution < -0.4 is 0 Å². The van der Waals surface area contributed by atoms with Gasteiger partial charge in [-0.05, 0) is 22.9 Å². The molecule has 0 saturated carbocycles. The summed E-state index contributed by atoms with van der Waals surface area (Å²) in [6, 6.07) is 0. The number of alkyl halides is 1. The second-order valence-corrected chi connectivity index (χ2v) is 3.42. The summed E-state index contributed by atoms with van der Waals surface area (Å²) in [6.45, 7) is 1.46. The van der Waals surface area contributed by atoms with Crippen molar-refractivity contribution < 1.29 is 9.50 Å². The number of aliphatic hydroxyl groups is 1. The van der Waals surface area contributed by atoms with Gasteiger partial charge in [0.05, 0.1) is 23.3 Å². The van der Waals surface area contributed by atoms with Crippen molar-refractivity contribution in [3.63, 3.8) is 0 Å². The second kappa shape index (κ2) is 4.00. The molecule has 1 rings (SSSR count). The van der Waals surface area contributed by atoms with Crippen molar-refractivity contribution in [3.05, 3.63) is 16.4 Å². The number of nitrogens with zero attached hydrogens (tertiary/aromatic N) is 2. The van der Waals surface area contributed by atoms with E-state index in [1.54, 1.807) is 6.20 Å². The van der Waals surface area contributed by atoms with Crippen LogP contribution in [0, 0.1) is 6.92 Å². The minimum atomic E-state index is -1.24. The SMILES string of the molecule is Cc1nn(CC(F)CO)cc1Br. The molecule has 1 heterocycles. The van der Waals surface area contributed by atoms with Gasteiger partial charge in [-0.3, -0.25) is 4.68 Å². The molecule has 0 radical (unpaired) electrons. The van der Waals surface area contributed by atoms with Crippen LogP contribution >= 0.6 is 15.9 Å². The van der Waals surface area contributed by atoms with Crippen LogP contribution in [0.1, 0.15) is 5.69 Å². The van der Waals surface area contributed by atoms with Gasteiger partial charge >= 0.3 is 0 Å². The standard InChI is InChI=1S/C7H10BrFN2O/c1-5-7(8)3-11(10-5)2-6(9)4-12/h3,6,12H,2,4H2,1H3. The fourth-order valence-corrected chi connectivity index (χ4v) is 1.16. The van der Waals surface area contributed by atoms with Gasteiger partial charge in [0, 0.05) is 6.20 Å². The molecule has 1 aromatic rings. The maximum absolute atomic E-state index is 12.6. The summed E-state index contributed by atoms with van der Waals surface area (Å²) in [7, 11) is 0. The summed E-state index contributed by atoms with van der Waals surface area (Å²) in [4.78, 5) is 0. The van der Waals surface area contributed by atoms with Crippen molar-refractivity contribution >= 4 is 15.9 Å². The Morgan fingerprint density at radius 1 is 1.83 bits per heavy atom. The Balaban J connectivity index is 2.64. The molecule has 0 aromatic carbocycles. The van der Waals surface area contributed by atoms with Gasteiger partial charge in [0.25, 0.3) is 0 Å². The van der Waals surface area contributed by atoms with Crippen LogP contribution in [0.3, 0.4) is 0 Å². The van der Waals surface area contributed by atoms with Gasteiger partial charge < -0.3 is 5.11 Å². The third kappa shape index (κ3) is 2.28. The lowest BCUT2D eigenvalue weighted by Crippen LogP contribution is -2.15. The molecule has 0 aliphatic carbocycles. The van der Waals surface area contributed by atoms with Crippen molar-refractivity contribution in [3.8, 4) is 0 Å². The van der Waals surface area contributed by atoms with Gasteiger partial charge in [0.2, 0.25) is 0 Å². The Bertz CT molecular complexity index is 244. The highest BCUT2D eigenvalue weighted by Crippen LogP contribution is 2.13. The molecular weight excluding hydrogens is 227 g/mol. The Morgan fingerprint density at radius 3 is 2.92 bits per heavy atom. The van der Waals surface area contributed by atoms with Crippen LogP contribution in [0.15, 0.2) is 10.7 Å². The fourth-order valence-electron chi connectivity index (χ4n) is 0.848. The monoisotopic (exact) mass is 236 g/mol. The minimum Gasteiger partial charge on any atom is -0.393 e. The Labute approximate surface area is 78.3 Å². The molecule has 3 nitrogen and oxygen atoms in total. The normalized spacial score (nSPS) is 13.3. The number of hydrogen-bond donors (Lipinski definition) is 1. The van der Waals surface area contributed by atoms with E-state index in [9.17, 15) is 4.39 Å². The van der Waals surface area contributed by atoms with E-state index in [2.05, 4.69) is 21.0 Å². The first kappa shape index (κ1) is 9.67. The van der Waals surface area contributed by atoms with E-state index in [-0.39, 0.29) is 6.54 Å². The molecule has 12 heavy (non-hydrogen) atoms. The van der Waals surface area contributed by atoms with Crippen molar-refractivity contribution in [1.82, 2.24) is 9.78 Å². The summed E-state index contributed by atoms with van der Waals surface area (Å²) in [5, 5.41) is 12.5. The molecule has 68 valence electrons. The maximum atomic E-state index is 12.6. The third-order valence-electron chi connectivity index (χ3n) is 1.47. The quantitative estimate of drug-likeness (QED) is 0.859. The molecule has 0 spiro atoms. The van der Waals surface area contributed by atoms with Gasteiger partial charge in [-0.25, -0.2) is 4.39 Å². The van der Waals surface area contributed by atoms with Gasteiger partial charge in [0.15, 0.2) is 0 Å². The average Bonchev–Trinajstić information content (AvgIpc) is 2.31. The molecule has 1 N–H and O–H groups in total. The smallest absolute Gasteiger partial charge is 0.143 e. The van der Waals surface area contributed by atoms with E-state index in [4.69, 9.17) is 5.11 Å². The maximum Gasteiger partial charge on any atom is 0.143 e. The molecule has 1 atom stereocenters. The lowest BCUT2D eigenvalue weighted by molar-refractivity contribution is 0.158. The zero-order valence-electron chi connectivity index (χ0n) is 6.67. The van der Waals surface area contributed by atoms with Gasteiger partial charge in [0.1, 0.15) is 6.17 Å². The van der Waals surface area contributed by atoms with Crippen molar-refractivity contribution in [1.29, 1.82) is 0 Å². The molecule has 0 saturated heterocycles. The largest absolute Gasteiger partial charge is 0.393 e. The van der Waals surface area contributed by atoms with Crippen LogP contribution in [-0.2, 0) is 6.54 Å². The summed E-state index contributed by atoms with van der Waals surface area (Å²) in [6.07, 6.45) is 0.452. The molecule has 0 aliphatic rings. The van der Waals surface area contributed by atoms with E-state index in [0.717, 1.165) is 10.2 Å². The number of aromatic nitrogens is 2. The number of halogens is 2. The zero-order chi connectivity index (χ0) is 9.14. The lowest BCUT2D eigenvalue weighted by atomic mass is 10.4. The van der Waals surface area contributed by atoms with Gasteiger partial charge in [-0.1, -0.05) is 0 Å². The lowest BCUT2D eigenvalue weighted by Gasteiger charge is -2.03. The number of aliphatic hydroxyl groups excluding tert-OH is 1. The minimum absolute atomic E-state index is 0.100. The Morgan fingerprint density at radius 2 is 2.50 bits per heavy atom. The summed E-state index contributed by atoms with van der Waals surface area (Å²) in [5.74, 6) is 0. The van der Waals surface area contributed by atoms with Crippen LogP contribution in [0.25, 0.3) is 0 Å². The molecule has 0 fully saturated rings. The molecule has 0 amide bonds. The molecule has 0 bridgehead atoms. The first-order valence-corrected chi connectivity index (χ1v) is 4.37. The highest BCUT2D eigenvalue weighted by molar-refractivity contribution is 9.10. The van der Waals surface area contributed by atoms with E-state index in [1.807, 2.05) is 6.92 Å². The number of rotatable bonds is 3. The molecular formula is C7H10BrFN2O. The van der Waals surface area contributed by atoms with E-state index >= 15 is 0 Å². The zero-order valence-corrected chi connectivity index (χ0v) is 8.25. The first-order chi connectivity index (χ1) is 5.63. The van der Waals surface area contributed by atoms with Crippen LogP contribution in [-0.4, -0.2) is 27.7 Å². The van der Waals surface area contributed by atoms with Crippen molar-refractivity contribution in [2.75, 3.05) is 6.61 Å². The van der Waals surface area contributed by atoms with E-state index < -0.39 is 12.8 Å². The fraction of sp³-hybridized carbons (Fsp3) is 0.571. The van der Waals surface area contributed by atoms with Crippen LogP contribution in [0.5, 0.6) is 0 Å². The molecule has 1 unspecified atom stereocenters. The predicted molar refractivity (Wildman–Crippen MR) is 46.6 cm³/mol. The average molecular weight is 237 g/mol. The summed E-state index contributed by atoms with van der Waals surface area (Å²) in [5.41, 5.74) is 0.820. The molecule has 1 aromatic heterocycles. The number of hydrogen-bond acceptors (Lipinski definition) is 2. The van der Waals surface area contributed by atoms with Gasteiger partial charge in [-0.2, -0.15) is 5.10 Å². The number of aryl methyl sites for hydroxylation is 1. The highest BCUT2D eigenvalue weighted by atomic mass is 79.9. The summed E-state index contributed by atoms with van der Waals surface area (Å²) < 4.78 is 15.0. The predicted octanol–water partition coefficient (Wildman–Crippen LogP) is 1.28. The second-order valence-electron chi connectivity index (χ2n) is 2.56. The van der Waals surface area contributed by atoms with Crippen LogP contribution in [0.4, 0.5) is 4.39 Å². The summed E-state index contributed by atoms with van der Waals surface area (Å²) >= 11 is 3.26. The van der Waals surface area contributed by atoms with Crippen molar-refractivity contribution in [2.24, 2.45) is 0 Å². The first-order valence-electron chi connectivity index (χ1n) is 3.58. The molecule has 0 aliphatic heterocycles. The van der Waals surface area contributed by atoms with Crippen molar-refractivity contribution in [2.45, 2.75) is 19.6 Å². The van der Waals surface area contributed by atoms with E-state index in [0.29, 0.717) is 0 Å². The molecule has 5 heteroatoms. The third-order valence-corrected chi connectivity index (χ3v) is 2.25. The topological polar surface area (TPSA) is 38.0 Å². The van der Waals surface area contributed by atoms with E-state index in [1.165, 1.54) is 4.68 Å². The Hall–Kier alpha value is -0.420. The van der Waals surface area contributed by atoms with Gasteiger partial charge in [-0.15, -0.1) is 0 Å².